The summed E-state index contributed by atoms with van der Waals surface area (Å²) in [5, 5.41) is 3.51. The summed E-state index contributed by atoms with van der Waals surface area (Å²) in [6, 6.07) is 6.83. The summed E-state index contributed by atoms with van der Waals surface area (Å²) < 4.78 is 11.0. The number of hydrogen-bond acceptors (Lipinski definition) is 3. The number of ether oxygens (including phenoxy) is 2. The van der Waals surface area contributed by atoms with Crippen LogP contribution in [0.25, 0.3) is 0 Å². The molecule has 0 heterocycles. The molecule has 0 aromatic heterocycles. The fourth-order valence-electron chi connectivity index (χ4n) is 2.11. The van der Waals surface area contributed by atoms with Gasteiger partial charge < -0.3 is 14.8 Å². The van der Waals surface area contributed by atoms with Crippen LogP contribution in [0, 0.1) is 6.92 Å². The molecule has 0 radical (unpaired) electrons. The summed E-state index contributed by atoms with van der Waals surface area (Å²) in [6.07, 6.45) is 2.24. The standard InChI is InChI=1S/C17H29NO2/c1-6-10-18-15(4)16-7-8-17(13(2)12-16)20-14(3)9-11-19-5/h7-8,12,14-15,18H,6,9-11H2,1-5H3. The van der Waals surface area contributed by atoms with Crippen LogP contribution in [0.2, 0.25) is 0 Å². The van der Waals surface area contributed by atoms with Gasteiger partial charge in [0.1, 0.15) is 5.75 Å². The highest BCUT2D eigenvalue weighted by Crippen LogP contribution is 2.24. The Kier molecular flexibility index (Phi) is 7.63. The molecule has 1 N–H and O–H groups in total. The van der Waals surface area contributed by atoms with Gasteiger partial charge in [0.15, 0.2) is 0 Å². The Morgan fingerprint density at radius 1 is 1.25 bits per heavy atom. The smallest absolute Gasteiger partial charge is 0.122 e. The van der Waals surface area contributed by atoms with Crippen LogP contribution in [0.4, 0.5) is 0 Å². The summed E-state index contributed by atoms with van der Waals surface area (Å²) in [7, 11) is 1.72. The van der Waals surface area contributed by atoms with Crippen molar-refractivity contribution in [2.75, 3.05) is 20.3 Å². The minimum absolute atomic E-state index is 0.176. The van der Waals surface area contributed by atoms with Gasteiger partial charge in [0.2, 0.25) is 0 Å². The Bertz CT molecular complexity index is 393. The van der Waals surface area contributed by atoms with Crippen LogP contribution >= 0.6 is 0 Å². The van der Waals surface area contributed by atoms with Gasteiger partial charge in [-0.3, -0.25) is 0 Å². The maximum atomic E-state index is 5.96. The summed E-state index contributed by atoms with van der Waals surface area (Å²) in [5.41, 5.74) is 2.50. The fourth-order valence-corrected chi connectivity index (χ4v) is 2.11. The second-order valence-electron chi connectivity index (χ2n) is 5.41. The molecule has 0 saturated carbocycles. The summed E-state index contributed by atoms with van der Waals surface area (Å²) >= 11 is 0. The fraction of sp³-hybridized carbons (Fsp3) is 0.647. The first-order chi connectivity index (χ1) is 9.58. The van der Waals surface area contributed by atoms with Crippen LogP contribution in [0.5, 0.6) is 5.75 Å². The zero-order valence-corrected chi connectivity index (χ0v) is 13.5. The van der Waals surface area contributed by atoms with E-state index >= 15 is 0 Å². The monoisotopic (exact) mass is 279 g/mol. The SMILES string of the molecule is CCCNC(C)c1ccc(OC(C)CCOC)c(C)c1. The third-order valence-electron chi connectivity index (χ3n) is 3.46. The molecule has 2 atom stereocenters. The Morgan fingerprint density at radius 3 is 2.60 bits per heavy atom. The predicted octanol–water partition coefficient (Wildman–Crippen LogP) is 3.86. The van der Waals surface area contributed by atoms with E-state index in [2.05, 4.69) is 51.2 Å². The Hall–Kier alpha value is -1.06. The number of methoxy groups -OCH3 is 1. The van der Waals surface area contributed by atoms with Crippen LogP contribution in [0.1, 0.15) is 50.8 Å². The highest BCUT2D eigenvalue weighted by atomic mass is 16.5. The molecule has 1 aromatic rings. The molecule has 1 aromatic carbocycles. The minimum Gasteiger partial charge on any atom is -0.490 e. The first kappa shape index (κ1) is 17.0. The molecule has 1 rings (SSSR count). The molecule has 0 aliphatic heterocycles. The molecular formula is C17H29NO2. The highest BCUT2D eigenvalue weighted by molar-refractivity contribution is 5.37. The number of aryl methyl sites for hydroxylation is 1. The topological polar surface area (TPSA) is 30.5 Å². The van der Waals surface area contributed by atoms with Crippen LogP contribution in [-0.2, 0) is 4.74 Å². The van der Waals surface area contributed by atoms with Crippen molar-refractivity contribution in [3.05, 3.63) is 29.3 Å². The van der Waals surface area contributed by atoms with Gasteiger partial charge in [-0.2, -0.15) is 0 Å². The van der Waals surface area contributed by atoms with E-state index in [4.69, 9.17) is 9.47 Å². The molecule has 0 spiro atoms. The Balaban J connectivity index is 2.63. The number of nitrogens with one attached hydrogen (secondary N) is 1. The van der Waals surface area contributed by atoms with Gasteiger partial charge in [0.25, 0.3) is 0 Å². The van der Waals surface area contributed by atoms with Crippen LogP contribution in [0.15, 0.2) is 18.2 Å². The molecule has 0 aliphatic carbocycles. The van der Waals surface area contributed by atoms with Gasteiger partial charge >= 0.3 is 0 Å². The molecule has 3 heteroatoms. The first-order valence-electron chi connectivity index (χ1n) is 7.58. The van der Waals surface area contributed by atoms with E-state index in [1.807, 2.05) is 0 Å². The van der Waals surface area contributed by atoms with E-state index in [0.29, 0.717) is 6.04 Å². The lowest BCUT2D eigenvalue weighted by Gasteiger charge is -2.19. The minimum atomic E-state index is 0.176. The first-order valence-corrected chi connectivity index (χ1v) is 7.58. The van der Waals surface area contributed by atoms with Gasteiger partial charge in [0.05, 0.1) is 6.10 Å². The number of rotatable bonds is 9. The van der Waals surface area contributed by atoms with Crippen molar-refractivity contribution in [2.24, 2.45) is 0 Å². The van der Waals surface area contributed by atoms with Crippen LogP contribution < -0.4 is 10.1 Å². The molecule has 0 amide bonds. The van der Waals surface area contributed by atoms with E-state index in [-0.39, 0.29) is 6.10 Å². The summed E-state index contributed by atoms with van der Waals surface area (Å²) in [6.45, 7) is 10.4. The maximum Gasteiger partial charge on any atom is 0.122 e. The van der Waals surface area contributed by atoms with Gasteiger partial charge in [0, 0.05) is 26.2 Å². The largest absolute Gasteiger partial charge is 0.490 e. The van der Waals surface area contributed by atoms with Crippen molar-refractivity contribution in [2.45, 2.75) is 52.7 Å². The van der Waals surface area contributed by atoms with Crippen LogP contribution in [-0.4, -0.2) is 26.4 Å². The summed E-state index contributed by atoms with van der Waals surface area (Å²) in [5.74, 6) is 0.972. The third-order valence-corrected chi connectivity index (χ3v) is 3.46. The maximum absolute atomic E-state index is 5.96. The van der Waals surface area contributed by atoms with Crippen molar-refractivity contribution in [3.63, 3.8) is 0 Å². The van der Waals surface area contributed by atoms with Gasteiger partial charge in [-0.15, -0.1) is 0 Å². The lowest BCUT2D eigenvalue weighted by atomic mass is 10.0. The number of benzene rings is 1. The van der Waals surface area contributed by atoms with Crippen molar-refractivity contribution in [1.82, 2.24) is 5.32 Å². The molecule has 20 heavy (non-hydrogen) atoms. The van der Waals surface area contributed by atoms with Crippen LogP contribution in [0.3, 0.4) is 0 Å². The van der Waals surface area contributed by atoms with E-state index in [0.717, 1.165) is 31.7 Å². The summed E-state index contributed by atoms with van der Waals surface area (Å²) in [4.78, 5) is 0. The molecule has 0 bridgehead atoms. The molecule has 0 saturated heterocycles. The zero-order valence-electron chi connectivity index (χ0n) is 13.5. The Labute approximate surface area is 123 Å². The normalized spacial score (nSPS) is 14.1. The van der Waals surface area contributed by atoms with Crippen molar-refractivity contribution in [1.29, 1.82) is 0 Å². The molecule has 3 nitrogen and oxygen atoms in total. The van der Waals surface area contributed by atoms with E-state index in [1.165, 1.54) is 11.1 Å². The zero-order chi connectivity index (χ0) is 15.0. The predicted molar refractivity (Wildman–Crippen MR) is 84.5 cm³/mol. The molecule has 0 fully saturated rings. The van der Waals surface area contributed by atoms with Crippen molar-refractivity contribution < 1.29 is 9.47 Å². The molecule has 2 unspecified atom stereocenters. The van der Waals surface area contributed by atoms with Crippen molar-refractivity contribution in [3.8, 4) is 5.75 Å². The highest BCUT2D eigenvalue weighted by Gasteiger charge is 2.09. The van der Waals surface area contributed by atoms with Gasteiger partial charge in [-0.1, -0.05) is 19.1 Å². The lowest BCUT2D eigenvalue weighted by molar-refractivity contribution is 0.134. The van der Waals surface area contributed by atoms with E-state index < -0.39 is 0 Å². The lowest BCUT2D eigenvalue weighted by Crippen LogP contribution is -2.19. The van der Waals surface area contributed by atoms with Crippen molar-refractivity contribution >= 4 is 0 Å². The second kappa shape index (κ2) is 8.98. The van der Waals surface area contributed by atoms with E-state index in [9.17, 15) is 0 Å². The van der Waals surface area contributed by atoms with E-state index in [1.54, 1.807) is 7.11 Å². The average molecular weight is 279 g/mol. The molecular weight excluding hydrogens is 250 g/mol. The van der Waals surface area contributed by atoms with Gasteiger partial charge in [-0.25, -0.2) is 0 Å². The average Bonchev–Trinajstić information content (AvgIpc) is 2.44. The molecule has 0 aliphatic rings. The number of hydrogen-bond donors (Lipinski definition) is 1. The third kappa shape index (κ3) is 5.51. The second-order valence-corrected chi connectivity index (χ2v) is 5.41. The molecule has 114 valence electrons. The Morgan fingerprint density at radius 2 is 2.00 bits per heavy atom. The quantitative estimate of drug-likeness (QED) is 0.744. The van der Waals surface area contributed by atoms with Gasteiger partial charge in [-0.05, 0) is 50.9 Å².